The van der Waals surface area contributed by atoms with Crippen LogP contribution in [0.4, 0.5) is 0 Å². The van der Waals surface area contributed by atoms with Gasteiger partial charge >= 0.3 is 0 Å². The van der Waals surface area contributed by atoms with E-state index < -0.39 is 0 Å². The molecule has 124 valence electrons. The Kier molecular flexibility index (Phi) is 6.11. The Morgan fingerprint density at radius 1 is 0.917 bits per heavy atom. The van der Waals surface area contributed by atoms with Gasteiger partial charge in [-0.25, -0.2) is 0 Å². The van der Waals surface area contributed by atoms with E-state index >= 15 is 0 Å². The minimum atomic E-state index is 0.466. The molecule has 1 aromatic heterocycles. The molecule has 3 aromatic rings. The van der Waals surface area contributed by atoms with Crippen molar-refractivity contribution in [1.82, 2.24) is 5.32 Å². The van der Waals surface area contributed by atoms with Crippen molar-refractivity contribution in [3.05, 3.63) is 94.9 Å². The van der Waals surface area contributed by atoms with Crippen LogP contribution in [-0.2, 0) is 13.0 Å². The van der Waals surface area contributed by atoms with Crippen LogP contribution in [0.1, 0.15) is 29.2 Å². The van der Waals surface area contributed by atoms with Crippen LogP contribution in [0.15, 0.2) is 77.4 Å². The molecule has 0 saturated heterocycles. The van der Waals surface area contributed by atoms with E-state index in [1.54, 1.807) is 6.26 Å². The molecule has 0 aliphatic heterocycles. The van der Waals surface area contributed by atoms with Gasteiger partial charge in [0.2, 0.25) is 0 Å². The van der Waals surface area contributed by atoms with Crippen molar-refractivity contribution in [3.8, 4) is 0 Å². The van der Waals surface area contributed by atoms with Crippen molar-refractivity contribution >= 4 is 11.6 Å². The molecule has 2 nitrogen and oxygen atoms in total. The second-order valence-electron chi connectivity index (χ2n) is 5.98. The molecule has 1 N–H and O–H groups in total. The minimum absolute atomic E-state index is 0.466. The second-order valence-corrected chi connectivity index (χ2v) is 6.42. The first-order chi connectivity index (χ1) is 11.8. The predicted molar refractivity (Wildman–Crippen MR) is 99.4 cm³/mol. The highest BCUT2D eigenvalue weighted by Gasteiger charge is 2.12. The fraction of sp³-hybridized carbons (Fsp3) is 0.238. The number of benzene rings is 2. The molecule has 0 radical (unpaired) electrons. The predicted octanol–water partition coefficient (Wildman–Crippen LogP) is 5.44. The first kappa shape index (κ1) is 16.8. The van der Waals surface area contributed by atoms with Gasteiger partial charge < -0.3 is 9.73 Å². The lowest BCUT2D eigenvalue weighted by atomic mass is 9.89. The van der Waals surface area contributed by atoms with Crippen molar-refractivity contribution in [3.63, 3.8) is 0 Å². The molecule has 24 heavy (non-hydrogen) atoms. The highest BCUT2D eigenvalue weighted by Crippen LogP contribution is 2.25. The van der Waals surface area contributed by atoms with E-state index in [1.807, 2.05) is 24.3 Å². The average molecular weight is 340 g/mol. The van der Waals surface area contributed by atoms with E-state index in [9.17, 15) is 0 Å². The summed E-state index contributed by atoms with van der Waals surface area (Å²) in [5.74, 6) is 1.44. The van der Waals surface area contributed by atoms with E-state index in [0.717, 1.165) is 36.7 Å². The van der Waals surface area contributed by atoms with Crippen molar-refractivity contribution < 1.29 is 4.42 Å². The summed E-state index contributed by atoms with van der Waals surface area (Å²) in [7, 11) is 0. The summed E-state index contributed by atoms with van der Waals surface area (Å²) >= 11 is 6.04. The van der Waals surface area contributed by atoms with E-state index in [4.69, 9.17) is 16.0 Å². The van der Waals surface area contributed by atoms with Crippen LogP contribution < -0.4 is 5.32 Å². The molecule has 0 aliphatic rings. The third kappa shape index (κ3) is 4.98. The maximum absolute atomic E-state index is 6.04. The summed E-state index contributed by atoms with van der Waals surface area (Å²) in [6, 6.07) is 22.8. The van der Waals surface area contributed by atoms with Gasteiger partial charge in [0, 0.05) is 5.02 Å². The maximum Gasteiger partial charge on any atom is 0.117 e. The van der Waals surface area contributed by atoms with Crippen LogP contribution in [0.3, 0.4) is 0 Å². The van der Waals surface area contributed by atoms with Crippen LogP contribution in [0.5, 0.6) is 0 Å². The van der Waals surface area contributed by atoms with Gasteiger partial charge in [0.15, 0.2) is 0 Å². The van der Waals surface area contributed by atoms with Gasteiger partial charge in [-0.15, -0.1) is 0 Å². The average Bonchev–Trinajstić information content (AvgIpc) is 3.13. The smallest absolute Gasteiger partial charge is 0.117 e. The fourth-order valence-corrected chi connectivity index (χ4v) is 3.05. The number of furan rings is 1. The molecule has 0 fully saturated rings. The zero-order chi connectivity index (χ0) is 16.6. The molecular weight excluding hydrogens is 318 g/mol. The summed E-state index contributed by atoms with van der Waals surface area (Å²) in [6.45, 7) is 1.71. The van der Waals surface area contributed by atoms with E-state index in [0.29, 0.717) is 5.92 Å². The number of halogens is 1. The molecular formula is C21H22ClNO. The maximum atomic E-state index is 6.04. The highest BCUT2D eigenvalue weighted by molar-refractivity contribution is 6.30. The van der Waals surface area contributed by atoms with Crippen molar-refractivity contribution in [1.29, 1.82) is 0 Å². The summed E-state index contributed by atoms with van der Waals surface area (Å²) in [5, 5.41) is 4.25. The molecule has 0 amide bonds. The molecule has 0 bridgehead atoms. The zero-order valence-electron chi connectivity index (χ0n) is 13.6. The first-order valence-corrected chi connectivity index (χ1v) is 8.71. The quantitative estimate of drug-likeness (QED) is 0.553. The summed E-state index contributed by atoms with van der Waals surface area (Å²) in [5.41, 5.74) is 2.70. The Balaban J connectivity index is 1.61. The Morgan fingerprint density at radius 3 is 2.42 bits per heavy atom. The Hall–Kier alpha value is -2.03. The third-order valence-electron chi connectivity index (χ3n) is 4.22. The molecule has 1 unspecified atom stereocenters. The van der Waals surface area contributed by atoms with Crippen molar-refractivity contribution in [2.45, 2.75) is 25.3 Å². The monoisotopic (exact) mass is 339 g/mol. The van der Waals surface area contributed by atoms with Crippen LogP contribution in [-0.4, -0.2) is 6.54 Å². The molecule has 0 saturated carbocycles. The molecule has 3 heteroatoms. The fourth-order valence-electron chi connectivity index (χ4n) is 2.92. The molecule has 0 aliphatic carbocycles. The van der Waals surface area contributed by atoms with Crippen LogP contribution in [0, 0.1) is 0 Å². The van der Waals surface area contributed by atoms with Crippen LogP contribution >= 0.6 is 11.6 Å². The van der Waals surface area contributed by atoms with Crippen LogP contribution in [0.2, 0.25) is 5.02 Å². The summed E-state index contributed by atoms with van der Waals surface area (Å²) < 4.78 is 5.36. The lowest BCUT2D eigenvalue weighted by Crippen LogP contribution is -2.18. The molecule has 2 aromatic carbocycles. The van der Waals surface area contributed by atoms with E-state index in [2.05, 4.69) is 47.8 Å². The van der Waals surface area contributed by atoms with Crippen LogP contribution in [0.25, 0.3) is 0 Å². The lowest BCUT2D eigenvalue weighted by molar-refractivity contribution is 0.472. The van der Waals surface area contributed by atoms with Gasteiger partial charge in [0.25, 0.3) is 0 Å². The standard InChI is InChI=1S/C21H22ClNO/c22-20-10-8-18(9-11-20)19(15-17-5-2-1-3-6-17)12-13-23-16-21-7-4-14-24-21/h1-11,14,19,23H,12-13,15-16H2. The largest absolute Gasteiger partial charge is 0.468 e. The Labute approximate surface area is 148 Å². The summed E-state index contributed by atoms with van der Waals surface area (Å²) in [4.78, 5) is 0. The molecule has 1 atom stereocenters. The highest BCUT2D eigenvalue weighted by atomic mass is 35.5. The minimum Gasteiger partial charge on any atom is -0.468 e. The van der Waals surface area contributed by atoms with E-state index in [-0.39, 0.29) is 0 Å². The third-order valence-corrected chi connectivity index (χ3v) is 4.47. The summed E-state index contributed by atoms with van der Waals surface area (Å²) in [6.07, 6.45) is 3.81. The van der Waals surface area contributed by atoms with Gasteiger partial charge in [-0.2, -0.15) is 0 Å². The topological polar surface area (TPSA) is 25.2 Å². The van der Waals surface area contributed by atoms with Gasteiger partial charge in [-0.3, -0.25) is 0 Å². The molecule has 3 rings (SSSR count). The van der Waals surface area contributed by atoms with Gasteiger partial charge in [0.1, 0.15) is 5.76 Å². The lowest BCUT2D eigenvalue weighted by Gasteiger charge is -2.18. The van der Waals surface area contributed by atoms with Gasteiger partial charge in [-0.05, 0) is 60.7 Å². The zero-order valence-corrected chi connectivity index (χ0v) is 14.4. The molecule has 1 heterocycles. The normalized spacial score (nSPS) is 12.2. The molecule has 0 spiro atoms. The Morgan fingerprint density at radius 2 is 1.71 bits per heavy atom. The van der Waals surface area contributed by atoms with E-state index in [1.165, 1.54) is 11.1 Å². The number of nitrogens with one attached hydrogen (secondary N) is 1. The first-order valence-electron chi connectivity index (χ1n) is 8.34. The second kappa shape index (κ2) is 8.72. The number of hydrogen-bond acceptors (Lipinski definition) is 2. The number of hydrogen-bond donors (Lipinski definition) is 1. The number of rotatable bonds is 8. The van der Waals surface area contributed by atoms with Crippen molar-refractivity contribution in [2.24, 2.45) is 0 Å². The van der Waals surface area contributed by atoms with Gasteiger partial charge in [-0.1, -0.05) is 54.1 Å². The SMILES string of the molecule is Clc1ccc(C(CCNCc2ccco2)Cc2ccccc2)cc1. The van der Waals surface area contributed by atoms with Gasteiger partial charge in [0.05, 0.1) is 12.8 Å². The Bertz CT molecular complexity index is 707. The van der Waals surface area contributed by atoms with Crippen molar-refractivity contribution in [2.75, 3.05) is 6.54 Å².